The molecule has 0 spiro atoms. The third-order valence-corrected chi connectivity index (χ3v) is 14.7. The van der Waals surface area contributed by atoms with E-state index < -0.39 is 0 Å². The Morgan fingerprint density at radius 2 is 0.571 bits per heavy atom. The molecule has 0 aliphatic carbocycles. The van der Waals surface area contributed by atoms with Gasteiger partial charge in [0.05, 0.1) is 44.5 Å². The molecular weight excluding hydrogens is 849 g/mol. The van der Waals surface area contributed by atoms with Crippen molar-refractivity contribution in [1.82, 2.24) is 8.80 Å². The van der Waals surface area contributed by atoms with Gasteiger partial charge >= 0.3 is 0 Å². The van der Waals surface area contributed by atoms with E-state index in [2.05, 4.69) is 273 Å². The van der Waals surface area contributed by atoms with Gasteiger partial charge in [0.1, 0.15) is 0 Å². The summed E-state index contributed by atoms with van der Waals surface area (Å²) in [7, 11) is 0. The van der Waals surface area contributed by atoms with E-state index in [1.54, 1.807) is 0 Å². The fraction of sp³-hybridized carbons (Fsp3) is 0. The van der Waals surface area contributed by atoms with Gasteiger partial charge in [0.2, 0.25) is 0 Å². The van der Waals surface area contributed by atoms with E-state index in [4.69, 9.17) is 0 Å². The molecule has 11 aromatic carbocycles. The lowest BCUT2D eigenvalue weighted by Gasteiger charge is -2.28. The first-order chi connectivity index (χ1) is 34.8. The van der Waals surface area contributed by atoms with Gasteiger partial charge in [-0.15, -0.1) is 0 Å². The molecular formula is C66H42N4. The van der Waals surface area contributed by atoms with Crippen molar-refractivity contribution in [3.05, 3.63) is 255 Å². The van der Waals surface area contributed by atoms with E-state index in [0.29, 0.717) is 0 Å². The minimum absolute atomic E-state index is 1.11. The number of rotatable bonds is 8. The highest BCUT2D eigenvalue weighted by molar-refractivity contribution is 6.29. The molecule has 0 aliphatic heterocycles. The van der Waals surface area contributed by atoms with Crippen LogP contribution in [0.1, 0.15) is 0 Å². The quantitative estimate of drug-likeness (QED) is 0.151. The fourth-order valence-corrected chi connectivity index (χ4v) is 11.8. The molecule has 0 atom stereocenters. The van der Waals surface area contributed by atoms with Crippen LogP contribution < -0.4 is 9.80 Å². The van der Waals surface area contributed by atoms with Crippen molar-refractivity contribution >= 4 is 110 Å². The maximum absolute atomic E-state index is 2.54. The van der Waals surface area contributed by atoms with E-state index >= 15 is 0 Å². The summed E-state index contributed by atoms with van der Waals surface area (Å²) in [5.41, 5.74) is 18.8. The molecule has 15 aromatic rings. The normalized spacial score (nSPS) is 12.0. The molecule has 15 rings (SSSR count). The number of fused-ring (bicyclic) bond motifs is 12. The van der Waals surface area contributed by atoms with Crippen molar-refractivity contribution in [2.45, 2.75) is 0 Å². The lowest BCUT2D eigenvalue weighted by Crippen LogP contribution is -2.11. The Morgan fingerprint density at radius 3 is 0.986 bits per heavy atom. The van der Waals surface area contributed by atoms with Crippen LogP contribution in [0.5, 0.6) is 0 Å². The van der Waals surface area contributed by atoms with Gasteiger partial charge in [0.15, 0.2) is 0 Å². The van der Waals surface area contributed by atoms with Gasteiger partial charge in [0.25, 0.3) is 0 Å². The van der Waals surface area contributed by atoms with Crippen LogP contribution in [0.15, 0.2) is 255 Å². The minimum Gasteiger partial charge on any atom is -0.310 e. The molecule has 0 saturated heterocycles. The van der Waals surface area contributed by atoms with E-state index in [0.717, 1.165) is 34.1 Å². The first-order valence-electron chi connectivity index (χ1n) is 24.1. The standard InChI is InChI=1S/C66H42N4/c1-5-19-43(20-6-1)49-27-13-15-33-59(49)67(45-23-9-3-10-24-45)47-35-37-51-53-29-17-31-55-57-42-64-58(41-63(57)69(65(53)55)61(51)39-47)56-32-18-30-54-52-38-36-48(40-62(52)70(64)66(54)56)68(46-25-11-4-12-26-46)60-34-16-14-28-50(60)44-21-7-2-8-22-44/h1-42H. The van der Waals surface area contributed by atoms with Gasteiger partial charge in [-0.1, -0.05) is 182 Å². The summed E-state index contributed by atoms with van der Waals surface area (Å²) in [5, 5.41) is 10.1. The Hall–Kier alpha value is -9.38. The summed E-state index contributed by atoms with van der Waals surface area (Å²) in [4.78, 5) is 4.83. The van der Waals surface area contributed by atoms with Crippen LogP contribution in [0, 0.1) is 0 Å². The lowest BCUT2D eigenvalue weighted by atomic mass is 10.0. The van der Waals surface area contributed by atoms with Gasteiger partial charge in [-0.05, 0) is 83.9 Å². The van der Waals surface area contributed by atoms with Gasteiger partial charge in [-0.2, -0.15) is 0 Å². The molecule has 0 saturated carbocycles. The first-order valence-corrected chi connectivity index (χ1v) is 24.1. The second-order valence-electron chi connectivity index (χ2n) is 18.5. The average Bonchev–Trinajstić information content (AvgIpc) is 4.15. The van der Waals surface area contributed by atoms with Crippen molar-refractivity contribution in [2.75, 3.05) is 9.80 Å². The van der Waals surface area contributed by atoms with Crippen molar-refractivity contribution in [2.24, 2.45) is 0 Å². The summed E-state index contributed by atoms with van der Waals surface area (Å²) in [6, 6.07) is 93.2. The molecule has 0 amide bonds. The highest BCUT2D eigenvalue weighted by Crippen LogP contribution is 2.48. The number of aromatic nitrogens is 2. The number of benzene rings is 11. The summed E-state index contributed by atoms with van der Waals surface area (Å²) in [6.07, 6.45) is 0. The van der Waals surface area contributed by atoms with Crippen LogP contribution in [0.2, 0.25) is 0 Å². The Morgan fingerprint density at radius 1 is 0.229 bits per heavy atom. The van der Waals surface area contributed by atoms with Gasteiger partial charge < -0.3 is 18.6 Å². The predicted octanol–water partition coefficient (Wildman–Crippen LogP) is 18.3. The molecule has 4 nitrogen and oxygen atoms in total. The van der Waals surface area contributed by atoms with Gasteiger partial charge in [0, 0.05) is 77.0 Å². The number of anilines is 6. The fourth-order valence-electron chi connectivity index (χ4n) is 11.8. The monoisotopic (exact) mass is 890 g/mol. The van der Waals surface area contributed by atoms with Crippen molar-refractivity contribution < 1.29 is 0 Å². The summed E-state index contributed by atoms with van der Waals surface area (Å²) in [5.74, 6) is 0. The average molecular weight is 891 g/mol. The van der Waals surface area contributed by atoms with E-state index in [1.165, 1.54) is 98.4 Å². The topological polar surface area (TPSA) is 15.3 Å². The number of para-hydroxylation sites is 6. The Labute approximate surface area is 404 Å². The van der Waals surface area contributed by atoms with Crippen LogP contribution >= 0.6 is 0 Å². The van der Waals surface area contributed by atoms with Crippen molar-refractivity contribution in [1.29, 1.82) is 0 Å². The molecule has 4 aromatic heterocycles. The molecule has 70 heavy (non-hydrogen) atoms. The van der Waals surface area contributed by atoms with E-state index in [1.807, 2.05) is 0 Å². The third kappa shape index (κ3) is 5.59. The molecule has 0 aliphatic rings. The SMILES string of the molecule is c1ccc(-c2ccccc2N(c2ccccc2)c2ccc3c4cccc5c6cc7c(cc6n(c3c2)c45)c2cccc3c4ccc(N(c5ccccc5)c5ccccc5-c5ccccc5)cc4n7c32)cc1. The third-order valence-electron chi connectivity index (χ3n) is 14.7. The zero-order valence-electron chi connectivity index (χ0n) is 38.0. The smallest absolute Gasteiger partial charge is 0.0620 e. The first kappa shape index (κ1) is 38.7. The van der Waals surface area contributed by atoms with E-state index in [9.17, 15) is 0 Å². The highest BCUT2D eigenvalue weighted by atomic mass is 15.2. The van der Waals surface area contributed by atoms with Crippen molar-refractivity contribution in [3.8, 4) is 22.3 Å². The maximum Gasteiger partial charge on any atom is 0.0620 e. The molecule has 4 heteroatoms. The molecule has 0 fully saturated rings. The molecule has 326 valence electrons. The Balaban J connectivity index is 0.970. The van der Waals surface area contributed by atoms with Crippen LogP contribution in [0.4, 0.5) is 34.1 Å². The molecule has 0 unspecified atom stereocenters. The zero-order chi connectivity index (χ0) is 45.9. The largest absolute Gasteiger partial charge is 0.310 e. The number of hydrogen-bond acceptors (Lipinski definition) is 2. The zero-order valence-corrected chi connectivity index (χ0v) is 38.0. The van der Waals surface area contributed by atoms with Gasteiger partial charge in [-0.3, -0.25) is 0 Å². The van der Waals surface area contributed by atoms with Crippen LogP contribution in [0.25, 0.3) is 98.4 Å². The van der Waals surface area contributed by atoms with Crippen LogP contribution in [-0.2, 0) is 0 Å². The minimum atomic E-state index is 1.11. The Kier molecular flexibility index (Phi) is 8.33. The number of nitrogens with zero attached hydrogens (tertiary/aromatic N) is 4. The molecule has 0 bridgehead atoms. The lowest BCUT2D eigenvalue weighted by molar-refractivity contribution is 1.28. The predicted molar refractivity (Wildman–Crippen MR) is 296 cm³/mol. The highest BCUT2D eigenvalue weighted by Gasteiger charge is 2.25. The number of hydrogen-bond donors (Lipinski definition) is 0. The maximum atomic E-state index is 2.54. The summed E-state index contributed by atoms with van der Waals surface area (Å²) >= 11 is 0. The molecule has 4 heterocycles. The molecule has 0 radical (unpaired) electrons. The Bertz CT molecular complexity index is 4170. The van der Waals surface area contributed by atoms with Crippen LogP contribution in [-0.4, -0.2) is 8.80 Å². The van der Waals surface area contributed by atoms with Gasteiger partial charge in [-0.25, -0.2) is 0 Å². The van der Waals surface area contributed by atoms with Crippen molar-refractivity contribution in [3.63, 3.8) is 0 Å². The second-order valence-corrected chi connectivity index (χ2v) is 18.5. The van der Waals surface area contributed by atoms with E-state index in [-0.39, 0.29) is 0 Å². The summed E-state index contributed by atoms with van der Waals surface area (Å²) in [6.45, 7) is 0. The second kappa shape index (κ2) is 15.1. The summed E-state index contributed by atoms with van der Waals surface area (Å²) < 4.78 is 5.08. The molecule has 0 N–H and O–H groups in total. The van der Waals surface area contributed by atoms with Crippen LogP contribution in [0.3, 0.4) is 0 Å².